The highest BCUT2D eigenvalue weighted by molar-refractivity contribution is 7.84. The van der Waals surface area contributed by atoms with Crippen LogP contribution in [-0.4, -0.2) is 25.8 Å². The molecule has 0 saturated carbocycles. The van der Waals surface area contributed by atoms with Crippen LogP contribution >= 0.6 is 11.6 Å². The second-order valence-corrected chi connectivity index (χ2v) is 7.97. The summed E-state index contributed by atoms with van der Waals surface area (Å²) in [5.41, 5.74) is -1.91. The Balaban J connectivity index is 2.84. The normalized spacial score (nSPS) is 13.0. The first-order valence-electron chi connectivity index (χ1n) is 8.81. The lowest BCUT2D eigenvalue weighted by Crippen LogP contribution is -2.32. The summed E-state index contributed by atoms with van der Waals surface area (Å²) in [6.45, 7) is 3.19. The van der Waals surface area contributed by atoms with Crippen LogP contribution in [0.3, 0.4) is 0 Å². The molecule has 2 rings (SSSR count). The first kappa shape index (κ1) is 23.7. The number of nitrogens with zero attached hydrogens (tertiary/aromatic N) is 2. The molecule has 0 aliphatic heterocycles. The molecule has 0 radical (unpaired) electrons. The van der Waals surface area contributed by atoms with E-state index < -0.39 is 33.4 Å². The molecule has 0 aliphatic carbocycles. The van der Waals surface area contributed by atoms with Crippen LogP contribution in [0.1, 0.15) is 30.5 Å². The zero-order chi connectivity index (χ0) is 22.5. The van der Waals surface area contributed by atoms with Crippen molar-refractivity contribution in [1.29, 1.82) is 5.26 Å². The lowest BCUT2D eigenvalue weighted by molar-refractivity contribution is -0.137. The van der Waals surface area contributed by atoms with Crippen LogP contribution in [0.25, 0.3) is 11.3 Å². The summed E-state index contributed by atoms with van der Waals surface area (Å²) in [5, 5.41) is 10.1. The van der Waals surface area contributed by atoms with Crippen LogP contribution in [0.5, 0.6) is 0 Å². The molecular formula is C20H18ClF3N2O3S. The number of nitriles is 1. The third kappa shape index (κ3) is 5.33. The summed E-state index contributed by atoms with van der Waals surface area (Å²) < 4.78 is 72.3. The number of hydrogen-bond acceptors (Lipinski definition) is 4. The van der Waals surface area contributed by atoms with Gasteiger partial charge in [-0.3, -0.25) is 0 Å². The van der Waals surface area contributed by atoms with Gasteiger partial charge in [-0.15, -0.1) is 0 Å². The highest BCUT2D eigenvalue weighted by Crippen LogP contribution is 2.38. The van der Waals surface area contributed by atoms with Gasteiger partial charge in [0.25, 0.3) is 0 Å². The summed E-state index contributed by atoms with van der Waals surface area (Å²) in [6, 6.07) is 11.7. The van der Waals surface area contributed by atoms with Gasteiger partial charge >= 0.3 is 16.5 Å². The Hall–Kier alpha value is -2.54. The molecular weight excluding hydrogens is 441 g/mol. The van der Waals surface area contributed by atoms with Crippen molar-refractivity contribution >= 4 is 33.2 Å². The van der Waals surface area contributed by atoms with E-state index in [1.54, 1.807) is 19.9 Å². The van der Waals surface area contributed by atoms with E-state index in [1.807, 2.05) is 0 Å². The fourth-order valence-corrected chi connectivity index (χ4v) is 3.96. The third-order valence-corrected chi connectivity index (χ3v) is 5.94. The van der Waals surface area contributed by atoms with Gasteiger partial charge in [-0.1, -0.05) is 55.8 Å². The van der Waals surface area contributed by atoms with Gasteiger partial charge in [0.1, 0.15) is 11.6 Å². The molecule has 30 heavy (non-hydrogen) atoms. The maximum Gasteiger partial charge on any atom is 0.417 e. The molecule has 160 valence electrons. The highest BCUT2D eigenvalue weighted by atomic mass is 35.5. The molecule has 0 aromatic heterocycles. The minimum Gasteiger partial charge on any atom is -0.369 e. The second-order valence-electron chi connectivity index (χ2n) is 5.99. The number of hydrogen-bond donors (Lipinski definition) is 0. The molecule has 0 heterocycles. The van der Waals surface area contributed by atoms with Crippen molar-refractivity contribution in [2.75, 3.05) is 13.1 Å². The minimum atomic E-state index is -4.80. The molecule has 0 bridgehead atoms. The average Bonchev–Trinajstić information content (AvgIpc) is 2.69. The Labute approximate surface area is 178 Å². The smallest absolute Gasteiger partial charge is 0.369 e. The maximum atomic E-state index is 13.6. The van der Waals surface area contributed by atoms with Gasteiger partial charge in [0.15, 0.2) is 5.76 Å². The van der Waals surface area contributed by atoms with Gasteiger partial charge in [0, 0.05) is 23.7 Å². The van der Waals surface area contributed by atoms with Crippen molar-refractivity contribution in [1.82, 2.24) is 4.31 Å². The second kappa shape index (κ2) is 9.51. The number of rotatable bonds is 7. The monoisotopic (exact) mass is 458 g/mol. The molecule has 0 saturated heterocycles. The van der Waals surface area contributed by atoms with E-state index in [0.29, 0.717) is 5.02 Å². The van der Waals surface area contributed by atoms with Gasteiger partial charge < -0.3 is 4.18 Å². The van der Waals surface area contributed by atoms with E-state index in [9.17, 15) is 26.9 Å². The first-order valence-corrected chi connectivity index (χ1v) is 10.6. The summed E-state index contributed by atoms with van der Waals surface area (Å²) in [6.07, 6.45) is -4.80. The van der Waals surface area contributed by atoms with Crippen molar-refractivity contribution in [2.45, 2.75) is 20.0 Å². The van der Waals surface area contributed by atoms with Crippen LogP contribution in [0.2, 0.25) is 5.02 Å². The topological polar surface area (TPSA) is 70.4 Å². The van der Waals surface area contributed by atoms with Gasteiger partial charge in [-0.25, -0.2) is 0 Å². The molecule has 0 unspecified atom stereocenters. The number of alkyl halides is 3. The highest BCUT2D eigenvalue weighted by Gasteiger charge is 2.36. The zero-order valence-electron chi connectivity index (χ0n) is 16.1. The van der Waals surface area contributed by atoms with Crippen LogP contribution in [0.4, 0.5) is 13.2 Å². The lowest BCUT2D eigenvalue weighted by atomic mass is 9.98. The Morgan fingerprint density at radius 1 is 1.10 bits per heavy atom. The molecule has 10 heteroatoms. The van der Waals surface area contributed by atoms with E-state index in [-0.39, 0.29) is 24.2 Å². The summed E-state index contributed by atoms with van der Waals surface area (Å²) in [4.78, 5) is 0. The van der Waals surface area contributed by atoms with Crippen molar-refractivity contribution < 1.29 is 25.8 Å². The van der Waals surface area contributed by atoms with Crippen molar-refractivity contribution in [3.63, 3.8) is 0 Å². The number of halogens is 4. The van der Waals surface area contributed by atoms with E-state index in [2.05, 4.69) is 0 Å². The van der Waals surface area contributed by atoms with Crippen molar-refractivity contribution in [3.05, 3.63) is 70.2 Å². The molecule has 0 fully saturated rings. The first-order chi connectivity index (χ1) is 14.0. The van der Waals surface area contributed by atoms with Crippen molar-refractivity contribution in [2.24, 2.45) is 0 Å². The van der Waals surface area contributed by atoms with Crippen LogP contribution < -0.4 is 0 Å². The van der Waals surface area contributed by atoms with Crippen LogP contribution in [0, 0.1) is 11.3 Å². The molecule has 0 atom stereocenters. The average molecular weight is 459 g/mol. The summed E-state index contributed by atoms with van der Waals surface area (Å²) >= 11 is 5.85. The van der Waals surface area contributed by atoms with Crippen LogP contribution in [-0.2, 0) is 20.7 Å². The Kier molecular flexibility index (Phi) is 7.53. The van der Waals surface area contributed by atoms with Gasteiger partial charge in [-0.2, -0.15) is 31.2 Å². The Morgan fingerprint density at radius 3 is 2.17 bits per heavy atom. The maximum absolute atomic E-state index is 13.6. The molecule has 0 amide bonds. The predicted octanol–water partition coefficient (Wildman–Crippen LogP) is 5.35. The quantitative estimate of drug-likeness (QED) is 0.318. The molecule has 0 aliphatic rings. The third-order valence-electron chi connectivity index (χ3n) is 4.16. The predicted molar refractivity (Wildman–Crippen MR) is 108 cm³/mol. The zero-order valence-corrected chi connectivity index (χ0v) is 17.6. The number of allylic oxidation sites excluding steroid dienone is 1. The fourth-order valence-electron chi connectivity index (χ4n) is 2.71. The van der Waals surface area contributed by atoms with Crippen LogP contribution in [0.15, 0.2) is 48.5 Å². The largest absolute Gasteiger partial charge is 0.417 e. The van der Waals surface area contributed by atoms with Gasteiger partial charge in [0.2, 0.25) is 0 Å². The van der Waals surface area contributed by atoms with E-state index in [4.69, 9.17) is 15.8 Å². The fraction of sp³-hybridized carbons (Fsp3) is 0.250. The Bertz CT molecular complexity index is 1070. The lowest BCUT2D eigenvalue weighted by Gasteiger charge is -2.22. The molecule has 5 nitrogen and oxygen atoms in total. The van der Waals surface area contributed by atoms with Crippen molar-refractivity contribution in [3.8, 4) is 6.07 Å². The van der Waals surface area contributed by atoms with Gasteiger partial charge in [0.05, 0.1) is 5.56 Å². The Morgan fingerprint density at radius 2 is 1.67 bits per heavy atom. The van der Waals surface area contributed by atoms with E-state index in [0.717, 1.165) is 22.5 Å². The SMILES string of the molecule is CCN(CC)S(=O)(=O)OC(=C(C#N)c1ccc(Cl)cc1)c1ccccc1C(F)(F)F. The number of benzene rings is 2. The molecule has 0 spiro atoms. The molecule has 2 aromatic rings. The minimum absolute atomic E-state index is 0.0376. The summed E-state index contributed by atoms with van der Waals surface area (Å²) in [7, 11) is -4.47. The molecule has 0 N–H and O–H groups in total. The van der Waals surface area contributed by atoms with Gasteiger partial charge in [-0.05, 0) is 23.8 Å². The van der Waals surface area contributed by atoms with E-state index in [1.165, 1.54) is 30.3 Å². The summed E-state index contributed by atoms with van der Waals surface area (Å²) in [5.74, 6) is -0.709. The standard InChI is InChI=1S/C20H18ClF3N2O3S/c1-3-26(4-2)30(27,28)29-19(16-7-5-6-8-18(16)20(22,23)24)17(13-25)14-9-11-15(21)12-10-14/h5-12H,3-4H2,1-2H3. The molecule has 2 aromatic carbocycles. The van der Waals surface area contributed by atoms with E-state index >= 15 is 0 Å².